The minimum atomic E-state index is -0.266. The van der Waals surface area contributed by atoms with Gasteiger partial charge in [0.25, 0.3) is 5.91 Å². The first-order chi connectivity index (χ1) is 9.51. The number of carbonyl (C=O) groups excluding carboxylic acids is 1. The largest absolute Gasteiger partial charge is 0.497 e. The molecule has 0 aliphatic rings. The molecule has 0 saturated heterocycles. The number of anilines is 2. The van der Waals surface area contributed by atoms with Crippen LogP contribution in [0.15, 0.2) is 40.9 Å². The smallest absolute Gasteiger partial charge is 0.256 e. The summed E-state index contributed by atoms with van der Waals surface area (Å²) in [6.45, 7) is 0. The summed E-state index contributed by atoms with van der Waals surface area (Å²) in [5.74, 6) is 0.339. The maximum absolute atomic E-state index is 12.2. The summed E-state index contributed by atoms with van der Waals surface area (Å²) in [6, 6.07) is 10.1. The Balaban J connectivity index is 2.25. The molecule has 0 heterocycles. The van der Waals surface area contributed by atoms with E-state index in [0.717, 1.165) is 0 Å². The molecule has 1 amide bonds. The van der Waals surface area contributed by atoms with E-state index in [-0.39, 0.29) is 5.91 Å². The third-order valence-corrected chi connectivity index (χ3v) is 3.71. The molecule has 4 nitrogen and oxygen atoms in total. The predicted octanol–water partition coefficient (Wildman–Crippen LogP) is 3.95. The van der Waals surface area contributed by atoms with Crippen molar-refractivity contribution in [2.45, 2.75) is 0 Å². The first kappa shape index (κ1) is 14.7. The lowest BCUT2D eigenvalue weighted by Gasteiger charge is -2.09. The van der Waals surface area contributed by atoms with Gasteiger partial charge in [0.05, 0.1) is 23.4 Å². The van der Waals surface area contributed by atoms with Crippen molar-refractivity contribution in [2.75, 3.05) is 18.2 Å². The number of nitrogen functional groups attached to an aromatic ring is 1. The molecule has 3 N–H and O–H groups in total. The lowest BCUT2D eigenvalue weighted by atomic mass is 10.2. The van der Waals surface area contributed by atoms with Gasteiger partial charge in [-0.15, -0.1) is 0 Å². The van der Waals surface area contributed by atoms with E-state index in [0.29, 0.717) is 32.2 Å². The zero-order valence-electron chi connectivity index (χ0n) is 10.6. The molecule has 0 bridgehead atoms. The molecule has 0 saturated carbocycles. The fourth-order valence-electron chi connectivity index (χ4n) is 1.63. The second-order valence-electron chi connectivity index (χ2n) is 4.04. The minimum Gasteiger partial charge on any atom is -0.497 e. The average Bonchev–Trinajstić information content (AvgIpc) is 2.43. The van der Waals surface area contributed by atoms with Gasteiger partial charge in [0.1, 0.15) is 5.75 Å². The third-order valence-electron chi connectivity index (χ3n) is 2.67. The molecule has 0 aliphatic heterocycles. The Morgan fingerprint density at radius 1 is 1.30 bits per heavy atom. The zero-order chi connectivity index (χ0) is 14.7. The van der Waals surface area contributed by atoms with E-state index < -0.39 is 0 Å². The zero-order valence-corrected chi connectivity index (χ0v) is 13.0. The van der Waals surface area contributed by atoms with Crippen molar-refractivity contribution in [3.63, 3.8) is 0 Å². The van der Waals surface area contributed by atoms with Crippen LogP contribution in [-0.4, -0.2) is 13.0 Å². The van der Waals surface area contributed by atoms with E-state index >= 15 is 0 Å². The van der Waals surface area contributed by atoms with Gasteiger partial charge in [0.2, 0.25) is 0 Å². The quantitative estimate of drug-likeness (QED) is 0.820. The summed E-state index contributed by atoms with van der Waals surface area (Å²) in [7, 11) is 1.55. The third kappa shape index (κ3) is 3.23. The summed E-state index contributed by atoms with van der Waals surface area (Å²) >= 11 is 9.17. The Morgan fingerprint density at radius 2 is 2.05 bits per heavy atom. The molecule has 104 valence electrons. The highest BCUT2D eigenvalue weighted by molar-refractivity contribution is 9.10. The van der Waals surface area contributed by atoms with Gasteiger partial charge in [-0.05, 0) is 52.3 Å². The van der Waals surface area contributed by atoms with Gasteiger partial charge in [0, 0.05) is 10.2 Å². The number of carbonyl (C=O) groups is 1. The molecule has 6 heteroatoms. The fourth-order valence-corrected chi connectivity index (χ4v) is 2.17. The monoisotopic (exact) mass is 354 g/mol. The lowest BCUT2D eigenvalue weighted by molar-refractivity contribution is 0.102. The minimum absolute atomic E-state index is 0.266. The van der Waals surface area contributed by atoms with Crippen LogP contribution in [0, 0.1) is 0 Å². The van der Waals surface area contributed by atoms with Gasteiger partial charge in [-0.3, -0.25) is 4.79 Å². The second kappa shape index (κ2) is 6.15. The van der Waals surface area contributed by atoms with Crippen molar-refractivity contribution in [2.24, 2.45) is 0 Å². The van der Waals surface area contributed by atoms with Crippen LogP contribution >= 0.6 is 27.5 Å². The van der Waals surface area contributed by atoms with Crippen LogP contribution in [0.25, 0.3) is 0 Å². The van der Waals surface area contributed by atoms with Gasteiger partial charge < -0.3 is 15.8 Å². The van der Waals surface area contributed by atoms with Crippen molar-refractivity contribution >= 4 is 44.8 Å². The molecule has 0 unspecified atom stereocenters. The second-order valence-corrected chi connectivity index (χ2v) is 5.30. The number of benzene rings is 2. The maximum atomic E-state index is 12.2. The molecule has 2 aromatic carbocycles. The van der Waals surface area contributed by atoms with E-state index in [4.69, 9.17) is 22.1 Å². The van der Waals surface area contributed by atoms with Gasteiger partial charge >= 0.3 is 0 Å². The Kier molecular flexibility index (Phi) is 4.52. The summed E-state index contributed by atoms with van der Waals surface area (Å²) in [6.07, 6.45) is 0. The summed E-state index contributed by atoms with van der Waals surface area (Å²) < 4.78 is 5.79. The number of hydrogen-bond donors (Lipinski definition) is 2. The number of ether oxygens (including phenoxy) is 1. The Hall–Kier alpha value is -1.72. The van der Waals surface area contributed by atoms with Gasteiger partial charge in [0.15, 0.2) is 0 Å². The summed E-state index contributed by atoms with van der Waals surface area (Å²) in [4.78, 5) is 12.2. The normalized spacial score (nSPS) is 10.2. The number of amides is 1. The number of hydrogen-bond acceptors (Lipinski definition) is 3. The molecular formula is C14H12BrClN2O2. The SMILES string of the molecule is COc1ccc(Br)c(C(=O)Nc2ccc(Cl)c(N)c2)c1. The van der Waals surface area contributed by atoms with Gasteiger partial charge in [-0.2, -0.15) is 0 Å². The molecule has 0 aliphatic carbocycles. The van der Waals surface area contributed by atoms with Crippen molar-refractivity contribution in [1.82, 2.24) is 0 Å². The Labute approximate surface area is 130 Å². The molecule has 0 atom stereocenters. The van der Waals surface area contributed by atoms with Gasteiger partial charge in [-0.1, -0.05) is 11.6 Å². The van der Waals surface area contributed by atoms with Crippen molar-refractivity contribution < 1.29 is 9.53 Å². The fraction of sp³-hybridized carbons (Fsp3) is 0.0714. The molecule has 20 heavy (non-hydrogen) atoms. The van der Waals surface area contributed by atoms with Crippen molar-refractivity contribution in [1.29, 1.82) is 0 Å². The number of nitrogens with one attached hydrogen (secondary N) is 1. The van der Waals surface area contributed by atoms with Crippen LogP contribution in [0.4, 0.5) is 11.4 Å². The van der Waals surface area contributed by atoms with E-state index in [1.807, 2.05) is 0 Å². The Morgan fingerprint density at radius 3 is 2.70 bits per heavy atom. The van der Waals surface area contributed by atoms with E-state index in [9.17, 15) is 4.79 Å². The predicted molar refractivity (Wildman–Crippen MR) is 84.5 cm³/mol. The van der Waals surface area contributed by atoms with Crippen molar-refractivity contribution in [3.8, 4) is 5.75 Å². The van der Waals surface area contributed by atoms with Crippen LogP contribution in [0.2, 0.25) is 5.02 Å². The number of nitrogens with two attached hydrogens (primary N) is 1. The van der Waals surface area contributed by atoms with E-state index in [1.165, 1.54) is 0 Å². The van der Waals surface area contributed by atoms with E-state index in [1.54, 1.807) is 43.5 Å². The molecule has 2 rings (SSSR count). The highest BCUT2D eigenvalue weighted by Gasteiger charge is 2.12. The lowest BCUT2D eigenvalue weighted by Crippen LogP contribution is -2.13. The van der Waals surface area contributed by atoms with Crippen LogP contribution in [-0.2, 0) is 0 Å². The standard InChI is InChI=1S/C14H12BrClN2O2/c1-20-9-3-4-11(15)10(7-9)14(19)18-8-2-5-12(16)13(17)6-8/h2-7H,17H2,1H3,(H,18,19). The molecular weight excluding hydrogens is 344 g/mol. The topological polar surface area (TPSA) is 64.3 Å². The molecule has 0 aromatic heterocycles. The van der Waals surface area contributed by atoms with Crippen LogP contribution < -0.4 is 15.8 Å². The number of rotatable bonds is 3. The molecule has 2 aromatic rings. The molecule has 0 radical (unpaired) electrons. The molecule has 0 fully saturated rings. The Bertz CT molecular complexity index is 662. The average molecular weight is 356 g/mol. The molecule has 0 spiro atoms. The highest BCUT2D eigenvalue weighted by Crippen LogP contribution is 2.25. The first-order valence-electron chi connectivity index (χ1n) is 5.71. The summed E-state index contributed by atoms with van der Waals surface area (Å²) in [5.41, 5.74) is 7.16. The summed E-state index contributed by atoms with van der Waals surface area (Å²) in [5, 5.41) is 3.20. The van der Waals surface area contributed by atoms with Crippen molar-refractivity contribution in [3.05, 3.63) is 51.5 Å². The maximum Gasteiger partial charge on any atom is 0.256 e. The first-order valence-corrected chi connectivity index (χ1v) is 6.88. The van der Waals surface area contributed by atoms with E-state index in [2.05, 4.69) is 21.2 Å². The van der Waals surface area contributed by atoms with Crippen LogP contribution in [0.3, 0.4) is 0 Å². The van der Waals surface area contributed by atoms with Crippen LogP contribution in [0.1, 0.15) is 10.4 Å². The number of methoxy groups -OCH3 is 1. The highest BCUT2D eigenvalue weighted by atomic mass is 79.9. The van der Waals surface area contributed by atoms with Gasteiger partial charge in [-0.25, -0.2) is 0 Å². The van der Waals surface area contributed by atoms with Crippen LogP contribution in [0.5, 0.6) is 5.75 Å². The number of halogens is 2.